The molecule has 0 aromatic carbocycles. The summed E-state index contributed by atoms with van der Waals surface area (Å²) < 4.78 is 36.3. The van der Waals surface area contributed by atoms with Crippen LogP contribution in [0.25, 0.3) is 0 Å². The van der Waals surface area contributed by atoms with E-state index in [2.05, 4.69) is 39.9 Å². The molecule has 0 unspecified atom stereocenters. The van der Waals surface area contributed by atoms with Crippen molar-refractivity contribution in [3.05, 3.63) is 0 Å². The second-order valence-corrected chi connectivity index (χ2v) is 6.87. The van der Waals surface area contributed by atoms with E-state index >= 15 is 0 Å². The van der Waals surface area contributed by atoms with Gasteiger partial charge in [0.1, 0.15) is 0 Å². The molecule has 0 aromatic rings. The average Bonchev–Trinajstić information content (AvgIpc) is 2.09. The minimum atomic E-state index is -4.07. The van der Waals surface area contributed by atoms with Gasteiger partial charge in [-0.25, -0.2) is 0 Å². The van der Waals surface area contributed by atoms with Crippen molar-refractivity contribution in [2.45, 2.75) is 52.8 Å². The highest BCUT2D eigenvalue weighted by Gasteiger charge is 2.28. The van der Waals surface area contributed by atoms with Crippen molar-refractivity contribution in [2.24, 2.45) is 5.41 Å². The molecule has 5 heteroatoms. The van der Waals surface area contributed by atoms with Crippen molar-refractivity contribution in [3.8, 4) is 0 Å². The summed E-state index contributed by atoms with van der Waals surface area (Å²) in [6, 6.07) is 0. The molecule has 0 aliphatic heterocycles. The Bertz CT molecular complexity index is 242. The predicted octanol–water partition coefficient (Wildman–Crippen LogP) is 3.28. The summed E-state index contributed by atoms with van der Waals surface area (Å²) in [6.07, 6.45) is -4.81. The van der Waals surface area contributed by atoms with Gasteiger partial charge < -0.3 is 10.2 Å². The first-order valence-corrected chi connectivity index (χ1v) is 6.31. The van der Waals surface area contributed by atoms with E-state index in [1.807, 2.05) is 0 Å². The molecule has 0 atom stereocenters. The van der Waals surface area contributed by atoms with Crippen LogP contribution in [0.1, 0.15) is 41.0 Å². The van der Waals surface area contributed by atoms with Crippen molar-refractivity contribution in [1.29, 1.82) is 0 Å². The minimum absolute atomic E-state index is 0.0296. The fourth-order valence-electron chi connectivity index (χ4n) is 1.69. The zero-order valence-corrected chi connectivity index (χ0v) is 12.4. The van der Waals surface area contributed by atoms with Crippen LogP contribution in [-0.4, -0.2) is 43.3 Å². The van der Waals surface area contributed by atoms with Crippen molar-refractivity contribution < 1.29 is 13.2 Å². The van der Waals surface area contributed by atoms with Gasteiger partial charge in [0.15, 0.2) is 0 Å². The molecular formula is C13H27F3N2. The molecule has 0 radical (unpaired) electrons. The Morgan fingerprint density at radius 1 is 1.00 bits per heavy atom. The molecule has 0 amide bonds. The van der Waals surface area contributed by atoms with Gasteiger partial charge in [-0.1, -0.05) is 13.8 Å². The Morgan fingerprint density at radius 2 is 1.50 bits per heavy atom. The maximum absolute atomic E-state index is 12.1. The molecule has 0 saturated heterocycles. The molecular weight excluding hydrogens is 241 g/mol. The number of hydrogen-bond donors (Lipinski definition) is 1. The van der Waals surface area contributed by atoms with Crippen LogP contribution in [-0.2, 0) is 0 Å². The summed E-state index contributed by atoms with van der Waals surface area (Å²) in [7, 11) is 1.74. The summed E-state index contributed by atoms with van der Waals surface area (Å²) in [5, 5.41) is 3.39. The summed E-state index contributed by atoms with van der Waals surface area (Å²) in [6.45, 7) is 11.9. The molecule has 0 fully saturated rings. The number of nitrogens with zero attached hydrogens (tertiary/aromatic N) is 1. The van der Waals surface area contributed by atoms with Crippen LogP contribution < -0.4 is 5.32 Å². The SMILES string of the molecule is CN(CCC(F)(F)F)CC(C)(C)CNC(C)(C)C. The van der Waals surface area contributed by atoms with E-state index in [1.54, 1.807) is 11.9 Å². The quantitative estimate of drug-likeness (QED) is 0.795. The summed E-state index contributed by atoms with van der Waals surface area (Å²) >= 11 is 0. The van der Waals surface area contributed by atoms with Gasteiger partial charge in [0, 0.05) is 25.2 Å². The number of nitrogens with one attached hydrogen (secondary N) is 1. The highest BCUT2D eigenvalue weighted by atomic mass is 19.4. The lowest BCUT2D eigenvalue weighted by Gasteiger charge is -2.34. The monoisotopic (exact) mass is 268 g/mol. The number of rotatable bonds is 6. The van der Waals surface area contributed by atoms with Crippen LogP contribution in [0.2, 0.25) is 0 Å². The Kier molecular flexibility index (Phi) is 6.14. The van der Waals surface area contributed by atoms with Gasteiger partial charge in [0.2, 0.25) is 0 Å². The molecule has 0 bridgehead atoms. The summed E-state index contributed by atoms with van der Waals surface area (Å²) in [5.41, 5.74) is -0.0184. The van der Waals surface area contributed by atoms with Crippen molar-refractivity contribution in [2.75, 3.05) is 26.7 Å². The molecule has 1 N–H and O–H groups in total. The van der Waals surface area contributed by atoms with Gasteiger partial charge in [-0.15, -0.1) is 0 Å². The third kappa shape index (κ3) is 10.8. The van der Waals surface area contributed by atoms with E-state index in [-0.39, 0.29) is 17.5 Å². The van der Waals surface area contributed by atoms with Gasteiger partial charge in [-0.3, -0.25) is 0 Å². The highest BCUT2D eigenvalue weighted by Crippen LogP contribution is 2.21. The van der Waals surface area contributed by atoms with Crippen LogP contribution in [0, 0.1) is 5.41 Å². The molecule has 2 nitrogen and oxygen atoms in total. The topological polar surface area (TPSA) is 15.3 Å². The Labute approximate surface area is 109 Å². The van der Waals surface area contributed by atoms with Gasteiger partial charge >= 0.3 is 6.18 Å². The molecule has 18 heavy (non-hydrogen) atoms. The molecule has 0 saturated carbocycles. The zero-order valence-electron chi connectivity index (χ0n) is 12.4. The van der Waals surface area contributed by atoms with E-state index in [9.17, 15) is 13.2 Å². The van der Waals surface area contributed by atoms with Crippen molar-refractivity contribution in [1.82, 2.24) is 10.2 Å². The maximum atomic E-state index is 12.1. The molecule has 110 valence electrons. The smallest absolute Gasteiger partial charge is 0.311 e. The lowest BCUT2D eigenvalue weighted by Crippen LogP contribution is -2.46. The largest absolute Gasteiger partial charge is 0.390 e. The Morgan fingerprint density at radius 3 is 1.89 bits per heavy atom. The fourth-order valence-corrected chi connectivity index (χ4v) is 1.69. The van der Waals surface area contributed by atoms with E-state index in [1.165, 1.54) is 0 Å². The van der Waals surface area contributed by atoms with E-state index < -0.39 is 12.6 Å². The summed E-state index contributed by atoms with van der Waals surface area (Å²) in [4.78, 5) is 1.75. The normalized spacial score (nSPS) is 14.3. The van der Waals surface area contributed by atoms with E-state index in [0.29, 0.717) is 6.54 Å². The lowest BCUT2D eigenvalue weighted by atomic mass is 9.91. The molecule has 0 heterocycles. The minimum Gasteiger partial charge on any atom is -0.311 e. The first kappa shape index (κ1) is 17.7. The second-order valence-electron chi connectivity index (χ2n) is 6.87. The lowest BCUT2D eigenvalue weighted by molar-refractivity contribution is -0.137. The van der Waals surface area contributed by atoms with Crippen LogP contribution in [0.5, 0.6) is 0 Å². The third-order valence-corrected chi connectivity index (χ3v) is 2.57. The zero-order chi connectivity index (χ0) is 14.6. The van der Waals surface area contributed by atoms with Crippen LogP contribution in [0.4, 0.5) is 13.2 Å². The standard InChI is InChI=1S/C13H27F3N2/c1-11(2,3)17-9-12(4,5)10-18(6)8-7-13(14,15)16/h17H,7-10H2,1-6H3. The van der Waals surface area contributed by atoms with Gasteiger partial charge in [-0.2, -0.15) is 13.2 Å². The highest BCUT2D eigenvalue weighted by molar-refractivity contribution is 4.80. The molecule has 0 spiro atoms. The van der Waals surface area contributed by atoms with E-state index in [4.69, 9.17) is 0 Å². The maximum Gasteiger partial charge on any atom is 0.390 e. The van der Waals surface area contributed by atoms with Gasteiger partial charge in [0.05, 0.1) is 6.42 Å². The molecule has 0 aliphatic rings. The number of alkyl halides is 3. The van der Waals surface area contributed by atoms with Crippen molar-refractivity contribution >= 4 is 0 Å². The van der Waals surface area contributed by atoms with Crippen LogP contribution in [0.15, 0.2) is 0 Å². The molecule has 0 aliphatic carbocycles. The number of hydrogen-bond acceptors (Lipinski definition) is 2. The second kappa shape index (κ2) is 6.24. The summed E-state index contributed by atoms with van der Waals surface area (Å²) in [5.74, 6) is 0. The third-order valence-electron chi connectivity index (χ3n) is 2.57. The van der Waals surface area contributed by atoms with Crippen LogP contribution in [0.3, 0.4) is 0 Å². The van der Waals surface area contributed by atoms with Crippen LogP contribution >= 0.6 is 0 Å². The predicted molar refractivity (Wildman–Crippen MR) is 69.7 cm³/mol. The molecule has 0 aromatic heterocycles. The van der Waals surface area contributed by atoms with Crippen molar-refractivity contribution in [3.63, 3.8) is 0 Å². The van der Waals surface area contributed by atoms with Gasteiger partial charge in [0.25, 0.3) is 0 Å². The van der Waals surface area contributed by atoms with E-state index in [0.717, 1.165) is 6.54 Å². The molecule has 0 rings (SSSR count). The first-order chi connectivity index (χ1) is 7.81. The Balaban J connectivity index is 4.07. The van der Waals surface area contributed by atoms with Gasteiger partial charge in [-0.05, 0) is 33.2 Å². The average molecular weight is 268 g/mol. The Hall–Kier alpha value is -0.290. The first-order valence-electron chi connectivity index (χ1n) is 6.31. The fraction of sp³-hybridized carbons (Fsp3) is 1.00. The number of halogens is 3.